The zero-order valence-corrected chi connectivity index (χ0v) is 11.1. The third-order valence-corrected chi connectivity index (χ3v) is 2.74. The molecule has 1 saturated heterocycles. The first kappa shape index (κ1) is 14.0. The fraction of sp³-hybridized carbons (Fsp3) is 1.00. The highest BCUT2D eigenvalue weighted by Crippen LogP contribution is 2.09. The Morgan fingerprint density at radius 3 is 2.38 bits per heavy atom. The minimum Gasteiger partial charge on any atom is -0.385 e. The summed E-state index contributed by atoms with van der Waals surface area (Å²) in [5, 5.41) is 0. The average molecular weight is 229 g/mol. The van der Waals surface area contributed by atoms with Crippen molar-refractivity contribution >= 4 is 7.32 Å². The van der Waals surface area contributed by atoms with Crippen molar-refractivity contribution in [2.75, 3.05) is 19.8 Å². The van der Waals surface area contributed by atoms with E-state index >= 15 is 0 Å². The zero-order valence-electron chi connectivity index (χ0n) is 11.1. The van der Waals surface area contributed by atoms with Gasteiger partial charge < -0.3 is 14.0 Å². The summed E-state index contributed by atoms with van der Waals surface area (Å²) in [7, 11) is -0.462. The minimum absolute atomic E-state index is 0.149. The molecule has 0 aromatic carbocycles. The first-order valence-electron chi connectivity index (χ1n) is 6.15. The van der Waals surface area contributed by atoms with Gasteiger partial charge in [0.15, 0.2) is 0 Å². The molecule has 0 spiro atoms. The Balaban J connectivity index is 2.18. The highest BCUT2D eigenvalue weighted by atomic mass is 16.8. The average Bonchev–Trinajstić information content (AvgIpc) is 2.57. The Bertz CT molecular complexity index is 194. The molecule has 1 aliphatic rings. The van der Waals surface area contributed by atoms with Gasteiger partial charge in [0.1, 0.15) is 0 Å². The van der Waals surface area contributed by atoms with Crippen LogP contribution < -0.4 is 0 Å². The summed E-state index contributed by atoms with van der Waals surface area (Å²) in [6.45, 7) is 13.0. The van der Waals surface area contributed by atoms with E-state index < -0.39 is 7.32 Å². The van der Waals surface area contributed by atoms with E-state index in [2.05, 4.69) is 32.6 Å². The van der Waals surface area contributed by atoms with Crippen molar-refractivity contribution in [3.05, 3.63) is 0 Å². The van der Waals surface area contributed by atoms with Crippen LogP contribution in [0, 0.1) is 0 Å². The van der Waals surface area contributed by atoms with Gasteiger partial charge in [0.05, 0.1) is 12.7 Å². The van der Waals surface area contributed by atoms with E-state index in [4.69, 9.17) is 14.0 Å². The van der Waals surface area contributed by atoms with Crippen LogP contribution in [-0.2, 0) is 14.0 Å². The largest absolute Gasteiger partial charge is 0.639 e. The van der Waals surface area contributed by atoms with Crippen molar-refractivity contribution in [3.8, 4) is 0 Å². The van der Waals surface area contributed by atoms with Gasteiger partial charge in [-0.25, -0.2) is 0 Å². The fourth-order valence-corrected chi connectivity index (χ4v) is 1.94. The molecule has 16 heavy (non-hydrogen) atoms. The molecule has 0 aliphatic carbocycles. The van der Waals surface area contributed by atoms with E-state index in [1.807, 2.05) is 6.92 Å². The van der Waals surface area contributed by atoms with E-state index in [1.54, 1.807) is 0 Å². The van der Waals surface area contributed by atoms with Gasteiger partial charge in [-0.3, -0.25) is 4.90 Å². The lowest BCUT2D eigenvalue weighted by molar-refractivity contribution is 0.109. The van der Waals surface area contributed by atoms with Gasteiger partial charge in [0, 0.05) is 25.2 Å². The Labute approximate surface area is 99.4 Å². The molecule has 0 aromatic heterocycles. The normalized spacial score (nSPS) is 21.8. The first-order valence-corrected chi connectivity index (χ1v) is 6.15. The highest BCUT2D eigenvalue weighted by Gasteiger charge is 2.31. The molecule has 0 amide bonds. The topological polar surface area (TPSA) is 30.9 Å². The van der Waals surface area contributed by atoms with Crippen molar-refractivity contribution in [1.82, 2.24) is 4.90 Å². The van der Waals surface area contributed by atoms with Crippen LogP contribution in [0.5, 0.6) is 0 Å². The maximum absolute atomic E-state index is 5.52. The van der Waals surface area contributed by atoms with Gasteiger partial charge in [-0.05, 0) is 34.6 Å². The second-order valence-electron chi connectivity index (χ2n) is 4.86. The van der Waals surface area contributed by atoms with Crippen LogP contribution in [0.2, 0.25) is 0 Å². The Hall–Kier alpha value is -0.0951. The third-order valence-electron chi connectivity index (χ3n) is 2.74. The second kappa shape index (κ2) is 6.59. The quantitative estimate of drug-likeness (QED) is 0.646. The molecule has 1 heterocycles. The van der Waals surface area contributed by atoms with Crippen LogP contribution >= 0.6 is 0 Å². The van der Waals surface area contributed by atoms with Gasteiger partial charge >= 0.3 is 7.32 Å². The molecule has 0 N–H and O–H groups in total. The monoisotopic (exact) mass is 229 g/mol. The van der Waals surface area contributed by atoms with Crippen molar-refractivity contribution in [2.24, 2.45) is 0 Å². The van der Waals surface area contributed by atoms with Crippen LogP contribution in [0.4, 0.5) is 0 Å². The Morgan fingerprint density at radius 2 is 1.94 bits per heavy atom. The number of rotatable bonds is 6. The van der Waals surface area contributed by atoms with Gasteiger partial charge in [-0.2, -0.15) is 0 Å². The summed E-state index contributed by atoms with van der Waals surface area (Å²) in [6, 6.07) is 1.07. The fourth-order valence-electron chi connectivity index (χ4n) is 1.94. The standard InChI is InChI=1S/C11H24BNO3/c1-9(2)13(10(3)4)6-7-14-12-15-8-11(5)16-12/h9-11H,6-8H2,1-5H3. The van der Waals surface area contributed by atoms with Crippen LogP contribution in [0.1, 0.15) is 34.6 Å². The van der Waals surface area contributed by atoms with Gasteiger partial charge in [0.25, 0.3) is 0 Å². The van der Waals surface area contributed by atoms with E-state index in [9.17, 15) is 0 Å². The van der Waals surface area contributed by atoms with Crippen LogP contribution in [0.15, 0.2) is 0 Å². The molecule has 4 nitrogen and oxygen atoms in total. The molecule has 0 bridgehead atoms. The number of hydrogen-bond donors (Lipinski definition) is 0. The number of hydrogen-bond acceptors (Lipinski definition) is 4. The predicted octanol–water partition coefficient (Wildman–Crippen LogP) is 1.54. The zero-order chi connectivity index (χ0) is 12.1. The maximum atomic E-state index is 5.52. The van der Waals surface area contributed by atoms with Crippen molar-refractivity contribution in [2.45, 2.75) is 52.8 Å². The molecular weight excluding hydrogens is 205 g/mol. The summed E-state index contributed by atoms with van der Waals surface area (Å²) in [6.07, 6.45) is 0.149. The molecule has 1 fully saturated rings. The Morgan fingerprint density at radius 1 is 1.31 bits per heavy atom. The Kier molecular flexibility index (Phi) is 5.76. The van der Waals surface area contributed by atoms with Crippen LogP contribution in [0.25, 0.3) is 0 Å². The van der Waals surface area contributed by atoms with Crippen LogP contribution in [-0.4, -0.2) is 50.2 Å². The number of nitrogens with zero attached hydrogens (tertiary/aromatic N) is 1. The van der Waals surface area contributed by atoms with Crippen molar-refractivity contribution < 1.29 is 14.0 Å². The van der Waals surface area contributed by atoms with Crippen molar-refractivity contribution in [3.63, 3.8) is 0 Å². The van der Waals surface area contributed by atoms with E-state index in [0.29, 0.717) is 25.3 Å². The van der Waals surface area contributed by atoms with Gasteiger partial charge in [-0.15, -0.1) is 0 Å². The minimum atomic E-state index is -0.462. The smallest absolute Gasteiger partial charge is 0.385 e. The van der Waals surface area contributed by atoms with E-state index in [-0.39, 0.29) is 6.10 Å². The van der Waals surface area contributed by atoms with Gasteiger partial charge in [0.2, 0.25) is 0 Å². The maximum Gasteiger partial charge on any atom is 0.639 e. The second-order valence-corrected chi connectivity index (χ2v) is 4.86. The lowest BCUT2D eigenvalue weighted by Gasteiger charge is -2.30. The predicted molar refractivity (Wildman–Crippen MR) is 65.2 cm³/mol. The molecule has 94 valence electrons. The van der Waals surface area contributed by atoms with Gasteiger partial charge in [-0.1, -0.05) is 0 Å². The van der Waals surface area contributed by atoms with E-state index in [0.717, 1.165) is 6.54 Å². The molecule has 1 atom stereocenters. The summed E-state index contributed by atoms with van der Waals surface area (Å²) in [5.74, 6) is 0. The molecule has 1 unspecified atom stereocenters. The molecular formula is C11H24BNO3. The summed E-state index contributed by atoms with van der Waals surface area (Å²) >= 11 is 0. The van der Waals surface area contributed by atoms with Crippen molar-refractivity contribution in [1.29, 1.82) is 0 Å². The molecule has 0 saturated carbocycles. The first-order chi connectivity index (χ1) is 7.50. The summed E-state index contributed by atoms with van der Waals surface area (Å²) in [4.78, 5) is 2.39. The lowest BCUT2D eigenvalue weighted by Crippen LogP contribution is -2.40. The highest BCUT2D eigenvalue weighted by molar-refractivity contribution is 6.37. The summed E-state index contributed by atoms with van der Waals surface area (Å²) in [5.41, 5.74) is 0. The van der Waals surface area contributed by atoms with E-state index in [1.165, 1.54) is 0 Å². The molecule has 0 radical (unpaired) electrons. The molecule has 1 rings (SSSR count). The third kappa shape index (κ3) is 4.41. The SMILES string of the molecule is CC1COB(OCCN(C(C)C)C(C)C)O1. The lowest BCUT2D eigenvalue weighted by atomic mass is 10.2. The molecule has 5 heteroatoms. The summed E-state index contributed by atoms with van der Waals surface area (Å²) < 4.78 is 16.2. The molecule has 0 aromatic rings. The molecule has 1 aliphatic heterocycles. The van der Waals surface area contributed by atoms with Crippen LogP contribution in [0.3, 0.4) is 0 Å².